The van der Waals surface area contributed by atoms with Gasteiger partial charge in [-0.05, 0) is 37.1 Å². The van der Waals surface area contributed by atoms with Crippen molar-refractivity contribution in [1.82, 2.24) is 0 Å². The minimum Gasteiger partial charge on any atom is -0.278 e. The van der Waals surface area contributed by atoms with E-state index in [0.717, 1.165) is 23.0 Å². The van der Waals surface area contributed by atoms with Gasteiger partial charge in [-0.15, -0.1) is 0 Å². The summed E-state index contributed by atoms with van der Waals surface area (Å²) in [5, 5.41) is 13.3. The van der Waals surface area contributed by atoms with Crippen LogP contribution in [0.3, 0.4) is 0 Å². The lowest BCUT2D eigenvalue weighted by Crippen LogP contribution is -2.10. The van der Waals surface area contributed by atoms with Crippen molar-refractivity contribution >= 4 is 27.3 Å². The number of hydrogen-bond donors (Lipinski definition) is 1. The third kappa shape index (κ3) is 3.31. The Labute approximate surface area is 110 Å². The van der Waals surface area contributed by atoms with Crippen molar-refractivity contribution < 1.29 is 0 Å². The molecule has 17 heavy (non-hydrogen) atoms. The molecule has 0 atom stereocenters. The first-order chi connectivity index (χ1) is 8.29. The van der Waals surface area contributed by atoms with Crippen molar-refractivity contribution in [2.24, 2.45) is 11.0 Å². The van der Waals surface area contributed by atoms with Gasteiger partial charge in [0.25, 0.3) is 0 Å². The number of rotatable bonds is 3. The summed E-state index contributed by atoms with van der Waals surface area (Å²) in [4.78, 5) is 0. The van der Waals surface area contributed by atoms with Crippen molar-refractivity contribution in [3.63, 3.8) is 0 Å². The largest absolute Gasteiger partial charge is 0.278 e. The van der Waals surface area contributed by atoms with Crippen LogP contribution in [0.4, 0.5) is 5.69 Å². The molecule has 0 radical (unpaired) electrons. The van der Waals surface area contributed by atoms with Crippen LogP contribution in [0.1, 0.15) is 25.7 Å². The fraction of sp³-hybridized carbons (Fsp3) is 0.385. The molecule has 0 unspecified atom stereocenters. The summed E-state index contributed by atoms with van der Waals surface area (Å²) in [5.41, 5.74) is 4.48. The number of nitrogens with zero attached hydrogens (tertiary/aromatic N) is 2. The number of benzene rings is 1. The second-order valence-electron chi connectivity index (χ2n) is 4.21. The number of nitriles is 1. The maximum atomic E-state index is 9.08. The summed E-state index contributed by atoms with van der Waals surface area (Å²) >= 11 is 3.38. The van der Waals surface area contributed by atoms with Crippen LogP contribution in [0.15, 0.2) is 33.8 Å². The third-order valence-corrected chi connectivity index (χ3v) is 3.53. The minimum absolute atomic E-state index is 0.350. The first-order valence-corrected chi connectivity index (χ1v) is 6.58. The van der Waals surface area contributed by atoms with E-state index in [9.17, 15) is 0 Å². The molecule has 0 bridgehead atoms. The maximum absolute atomic E-state index is 9.08. The molecule has 4 heteroatoms. The molecule has 1 aromatic carbocycles. The van der Waals surface area contributed by atoms with E-state index in [-0.39, 0.29) is 0 Å². The maximum Gasteiger partial charge on any atom is 0.141 e. The van der Waals surface area contributed by atoms with E-state index in [2.05, 4.69) is 32.5 Å². The third-order valence-electron chi connectivity index (χ3n) is 3.01. The number of nitrogens with one attached hydrogen (secondary N) is 1. The molecular formula is C13H14BrN3. The normalized spacial score (nSPS) is 16.8. The van der Waals surface area contributed by atoms with Crippen molar-refractivity contribution in [3.8, 4) is 6.07 Å². The second kappa shape index (κ2) is 5.83. The van der Waals surface area contributed by atoms with Gasteiger partial charge in [0.2, 0.25) is 0 Å². The van der Waals surface area contributed by atoms with Crippen LogP contribution in [0.2, 0.25) is 0 Å². The number of anilines is 1. The fourth-order valence-electron chi connectivity index (χ4n) is 2.06. The molecule has 0 aliphatic heterocycles. The van der Waals surface area contributed by atoms with E-state index in [0.29, 0.717) is 11.6 Å². The number of hydrogen-bond acceptors (Lipinski definition) is 3. The van der Waals surface area contributed by atoms with Gasteiger partial charge in [-0.3, -0.25) is 5.43 Å². The van der Waals surface area contributed by atoms with Crippen LogP contribution in [0, 0.1) is 17.2 Å². The van der Waals surface area contributed by atoms with Gasteiger partial charge in [0, 0.05) is 10.4 Å². The summed E-state index contributed by atoms with van der Waals surface area (Å²) in [6.07, 6.45) is 4.61. The summed E-state index contributed by atoms with van der Waals surface area (Å²) in [6.45, 7) is 0. The van der Waals surface area contributed by atoms with E-state index in [1.807, 2.05) is 24.3 Å². The van der Waals surface area contributed by atoms with Gasteiger partial charge >= 0.3 is 0 Å². The van der Waals surface area contributed by atoms with Crippen molar-refractivity contribution in [3.05, 3.63) is 28.7 Å². The number of hydrazone groups is 1. The van der Waals surface area contributed by atoms with Crippen LogP contribution in [-0.2, 0) is 0 Å². The fourth-order valence-corrected chi connectivity index (χ4v) is 2.32. The zero-order chi connectivity index (χ0) is 12.1. The van der Waals surface area contributed by atoms with Gasteiger partial charge in [0.1, 0.15) is 11.8 Å². The Kier molecular flexibility index (Phi) is 4.16. The molecule has 1 fully saturated rings. The zero-order valence-electron chi connectivity index (χ0n) is 9.49. The Balaban J connectivity index is 2.02. The van der Waals surface area contributed by atoms with Gasteiger partial charge in [0.05, 0.1) is 5.69 Å². The Morgan fingerprint density at radius 2 is 1.94 bits per heavy atom. The van der Waals surface area contributed by atoms with Gasteiger partial charge in [-0.2, -0.15) is 10.4 Å². The minimum atomic E-state index is 0.350. The average Bonchev–Trinajstić information content (AvgIpc) is 2.86. The van der Waals surface area contributed by atoms with Gasteiger partial charge < -0.3 is 0 Å². The Morgan fingerprint density at radius 3 is 2.53 bits per heavy atom. The lowest BCUT2D eigenvalue weighted by molar-refractivity contribution is 0.731. The highest BCUT2D eigenvalue weighted by Crippen LogP contribution is 2.26. The molecule has 1 N–H and O–H groups in total. The predicted molar refractivity (Wildman–Crippen MR) is 72.8 cm³/mol. The molecule has 0 heterocycles. The van der Waals surface area contributed by atoms with Gasteiger partial charge in [-0.1, -0.05) is 28.8 Å². The Bertz CT molecular complexity index is 439. The molecule has 3 nitrogen and oxygen atoms in total. The lowest BCUT2D eigenvalue weighted by atomic mass is 10.0. The summed E-state index contributed by atoms with van der Waals surface area (Å²) < 4.78 is 1.03. The Morgan fingerprint density at radius 1 is 1.29 bits per heavy atom. The summed E-state index contributed by atoms with van der Waals surface area (Å²) in [6, 6.07) is 9.95. The van der Waals surface area contributed by atoms with Crippen LogP contribution < -0.4 is 5.43 Å². The molecule has 0 aromatic heterocycles. The molecular weight excluding hydrogens is 278 g/mol. The molecule has 0 saturated heterocycles. The average molecular weight is 292 g/mol. The topological polar surface area (TPSA) is 48.2 Å². The van der Waals surface area contributed by atoms with E-state index in [4.69, 9.17) is 5.26 Å². The molecule has 0 spiro atoms. The first kappa shape index (κ1) is 12.1. The van der Waals surface area contributed by atoms with Crippen molar-refractivity contribution in [1.29, 1.82) is 5.26 Å². The van der Waals surface area contributed by atoms with E-state index in [1.165, 1.54) is 12.8 Å². The standard InChI is InChI=1S/C13H14BrN3/c14-11-5-7-12(8-6-11)16-17-13(9-15)10-3-1-2-4-10/h5-8,10,16H,1-4H2. The highest BCUT2D eigenvalue weighted by atomic mass is 79.9. The zero-order valence-corrected chi connectivity index (χ0v) is 11.1. The molecule has 1 aromatic rings. The summed E-state index contributed by atoms with van der Waals surface area (Å²) in [7, 11) is 0. The second-order valence-corrected chi connectivity index (χ2v) is 5.12. The van der Waals surface area contributed by atoms with E-state index >= 15 is 0 Å². The van der Waals surface area contributed by atoms with E-state index < -0.39 is 0 Å². The highest BCUT2D eigenvalue weighted by molar-refractivity contribution is 9.10. The molecule has 88 valence electrons. The monoisotopic (exact) mass is 291 g/mol. The summed E-state index contributed by atoms with van der Waals surface area (Å²) in [5.74, 6) is 0.350. The van der Waals surface area contributed by atoms with Crippen LogP contribution >= 0.6 is 15.9 Å². The Hall–Kier alpha value is -1.34. The van der Waals surface area contributed by atoms with E-state index in [1.54, 1.807) is 0 Å². The molecule has 0 amide bonds. The quantitative estimate of drug-likeness (QED) is 0.677. The molecule has 1 aliphatic carbocycles. The lowest BCUT2D eigenvalue weighted by Gasteiger charge is -2.06. The first-order valence-electron chi connectivity index (χ1n) is 5.79. The smallest absolute Gasteiger partial charge is 0.141 e. The van der Waals surface area contributed by atoms with Crippen molar-refractivity contribution in [2.75, 3.05) is 5.43 Å². The molecule has 2 rings (SSSR count). The van der Waals surface area contributed by atoms with Gasteiger partial charge in [-0.25, -0.2) is 0 Å². The van der Waals surface area contributed by atoms with Crippen LogP contribution in [0.25, 0.3) is 0 Å². The van der Waals surface area contributed by atoms with Crippen LogP contribution in [0.5, 0.6) is 0 Å². The highest BCUT2D eigenvalue weighted by Gasteiger charge is 2.20. The molecule has 1 saturated carbocycles. The van der Waals surface area contributed by atoms with Gasteiger partial charge in [0.15, 0.2) is 0 Å². The number of halogens is 1. The van der Waals surface area contributed by atoms with Crippen LogP contribution in [-0.4, -0.2) is 5.71 Å². The molecule has 1 aliphatic rings. The van der Waals surface area contributed by atoms with Crippen molar-refractivity contribution in [2.45, 2.75) is 25.7 Å². The predicted octanol–water partition coefficient (Wildman–Crippen LogP) is 3.93. The SMILES string of the molecule is N#CC(=NNc1ccc(Br)cc1)C1CCCC1.